The lowest BCUT2D eigenvalue weighted by Gasteiger charge is -2.48. The van der Waals surface area contributed by atoms with Gasteiger partial charge in [-0.1, -0.05) is 19.3 Å². The van der Waals surface area contributed by atoms with Gasteiger partial charge in [0.25, 0.3) is 0 Å². The van der Waals surface area contributed by atoms with Crippen LogP contribution in [0.15, 0.2) is 12.4 Å². The van der Waals surface area contributed by atoms with E-state index in [1.54, 1.807) is 0 Å². The maximum Gasteiger partial charge on any atom is 0.110 e. The summed E-state index contributed by atoms with van der Waals surface area (Å²) in [6.07, 6.45) is 11.2. The first-order chi connectivity index (χ1) is 9.64. The standard InChI is InChI=1S/C15H29N5/c1-4-20-11-10-17-14(20)12-13(18-16)15(19(2)3)8-6-5-7-9-15/h10-11,13,18H,4-9,12,16H2,1-3H3. The zero-order chi connectivity index (χ0) is 14.6. The Morgan fingerprint density at radius 2 is 2.10 bits per heavy atom. The predicted molar refractivity (Wildman–Crippen MR) is 82.2 cm³/mol. The largest absolute Gasteiger partial charge is 0.335 e. The second-order valence-electron chi connectivity index (χ2n) is 6.11. The molecule has 3 N–H and O–H groups in total. The lowest BCUT2D eigenvalue weighted by Crippen LogP contribution is -2.62. The monoisotopic (exact) mass is 279 g/mol. The van der Waals surface area contributed by atoms with Crippen LogP contribution < -0.4 is 11.3 Å². The van der Waals surface area contributed by atoms with Crippen LogP contribution in [0.1, 0.15) is 44.9 Å². The minimum atomic E-state index is 0.150. The van der Waals surface area contributed by atoms with E-state index < -0.39 is 0 Å². The van der Waals surface area contributed by atoms with Gasteiger partial charge in [0.05, 0.1) is 0 Å². The van der Waals surface area contributed by atoms with E-state index in [2.05, 4.69) is 40.9 Å². The number of nitrogens with one attached hydrogen (secondary N) is 1. The molecular weight excluding hydrogens is 250 g/mol. The number of nitrogens with two attached hydrogens (primary N) is 1. The number of rotatable bonds is 6. The summed E-state index contributed by atoms with van der Waals surface area (Å²) in [7, 11) is 4.36. The van der Waals surface area contributed by atoms with Crippen LogP contribution in [-0.2, 0) is 13.0 Å². The fraction of sp³-hybridized carbons (Fsp3) is 0.800. The fourth-order valence-electron chi connectivity index (χ4n) is 3.68. The van der Waals surface area contributed by atoms with Crippen molar-refractivity contribution >= 4 is 0 Å². The topological polar surface area (TPSA) is 59.1 Å². The van der Waals surface area contributed by atoms with Crippen LogP contribution in [0.2, 0.25) is 0 Å². The highest BCUT2D eigenvalue weighted by atomic mass is 15.3. The Bertz CT molecular complexity index is 406. The molecule has 1 atom stereocenters. The van der Waals surface area contributed by atoms with Gasteiger partial charge in [-0.15, -0.1) is 0 Å². The number of hydrazine groups is 1. The number of hydrogen-bond donors (Lipinski definition) is 2. The Morgan fingerprint density at radius 3 is 2.65 bits per heavy atom. The number of imidazole rings is 1. The second kappa shape index (κ2) is 6.70. The van der Waals surface area contributed by atoms with Crippen molar-refractivity contribution in [3.05, 3.63) is 18.2 Å². The number of aromatic nitrogens is 2. The highest BCUT2D eigenvalue weighted by molar-refractivity contribution is 5.05. The third-order valence-electron chi connectivity index (χ3n) is 4.99. The Labute approximate surface area is 122 Å². The zero-order valence-corrected chi connectivity index (χ0v) is 13.1. The molecule has 5 heteroatoms. The van der Waals surface area contributed by atoms with Gasteiger partial charge in [-0.05, 0) is 33.9 Å². The average Bonchev–Trinajstić information content (AvgIpc) is 2.92. The lowest BCUT2D eigenvalue weighted by atomic mass is 9.74. The van der Waals surface area contributed by atoms with E-state index in [0.717, 1.165) is 18.8 Å². The predicted octanol–water partition coefficient (Wildman–Crippen LogP) is 1.54. The second-order valence-corrected chi connectivity index (χ2v) is 6.11. The molecule has 1 aliphatic rings. The van der Waals surface area contributed by atoms with E-state index in [1.807, 2.05) is 12.4 Å². The minimum absolute atomic E-state index is 0.150. The van der Waals surface area contributed by atoms with Crippen molar-refractivity contribution in [1.29, 1.82) is 0 Å². The smallest absolute Gasteiger partial charge is 0.110 e. The van der Waals surface area contributed by atoms with Gasteiger partial charge in [0.2, 0.25) is 0 Å². The van der Waals surface area contributed by atoms with Crippen LogP contribution in [0.5, 0.6) is 0 Å². The summed E-state index contributed by atoms with van der Waals surface area (Å²) in [5, 5.41) is 0. The first-order valence-electron chi connectivity index (χ1n) is 7.77. The van der Waals surface area contributed by atoms with Gasteiger partial charge in [-0.2, -0.15) is 0 Å². The van der Waals surface area contributed by atoms with Crippen molar-refractivity contribution in [1.82, 2.24) is 19.9 Å². The molecule has 0 bridgehead atoms. The van der Waals surface area contributed by atoms with Crippen molar-refractivity contribution in [3.63, 3.8) is 0 Å². The van der Waals surface area contributed by atoms with Crippen LogP contribution >= 0.6 is 0 Å². The first-order valence-corrected chi connectivity index (χ1v) is 7.77. The van der Waals surface area contributed by atoms with E-state index in [9.17, 15) is 0 Å². The summed E-state index contributed by atoms with van der Waals surface area (Å²) in [6, 6.07) is 0.241. The fourth-order valence-corrected chi connectivity index (χ4v) is 3.68. The molecular formula is C15H29N5. The number of nitrogens with zero attached hydrogens (tertiary/aromatic N) is 3. The van der Waals surface area contributed by atoms with Crippen LogP contribution in [0.25, 0.3) is 0 Å². The van der Waals surface area contributed by atoms with Gasteiger partial charge in [-0.3, -0.25) is 11.3 Å². The molecule has 0 saturated heterocycles. The zero-order valence-electron chi connectivity index (χ0n) is 13.1. The lowest BCUT2D eigenvalue weighted by molar-refractivity contribution is 0.0558. The van der Waals surface area contributed by atoms with Gasteiger partial charge in [0, 0.05) is 36.9 Å². The Hall–Kier alpha value is -0.910. The van der Waals surface area contributed by atoms with Crippen LogP contribution in [0, 0.1) is 0 Å². The number of aryl methyl sites for hydroxylation is 1. The van der Waals surface area contributed by atoms with Gasteiger partial charge >= 0.3 is 0 Å². The summed E-state index contributed by atoms with van der Waals surface area (Å²) < 4.78 is 2.20. The normalized spacial score (nSPS) is 20.2. The van der Waals surface area contributed by atoms with Gasteiger partial charge < -0.3 is 9.47 Å². The molecule has 0 radical (unpaired) electrons. The summed E-state index contributed by atoms with van der Waals surface area (Å²) in [6.45, 7) is 3.11. The van der Waals surface area contributed by atoms with Gasteiger partial charge in [0.1, 0.15) is 5.82 Å². The summed E-state index contributed by atoms with van der Waals surface area (Å²) in [5.41, 5.74) is 3.24. The minimum Gasteiger partial charge on any atom is -0.335 e. The molecule has 0 spiro atoms. The van der Waals surface area contributed by atoms with Gasteiger partial charge in [0.15, 0.2) is 0 Å². The highest BCUT2D eigenvalue weighted by Gasteiger charge is 2.41. The van der Waals surface area contributed by atoms with E-state index in [4.69, 9.17) is 5.84 Å². The SMILES string of the molecule is CCn1ccnc1CC(NN)C1(N(C)C)CCCCC1. The van der Waals surface area contributed by atoms with E-state index in [0.29, 0.717) is 0 Å². The third kappa shape index (κ3) is 2.90. The van der Waals surface area contributed by atoms with E-state index >= 15 is 0 Å². The van der Waals surface area contributed by atoms with Crippen molar-refractivity contribution < 1.29 is 0 Å². The molecule has 0 aliphatic heterocycles. The molecule has 0 aromatic carbocycles. The van der Waals surface area contributed by atoms with Crippen molar-refractivity contribution in [2.24, 2.45) is 5.84 Å². The molecule has 1 aromatic rings. The average molecular weight is 279 g/mol. The van der Waals surface area contributed by atoms with Crippen molar-refractivity contribution in [3.8, 4) is 0 Å². The molecule has 114 valence electrons. The first kappa shape index (κ1) is 15.5. The molecule has 5 nitrogen and oxygen atoms in total. The molecule has 1 heterocycles. The third-order valence-corrected chi connectivity index (χ3v) is 4.99. The molecule has 0 amide bonds. The van der Waals surface area contributed by atoms with Crippen molar-refractivity contribution in [2.75, 3.05) is 14.1 Å². The summed E-state index contributed by atoms with van der Waals surface area (Å²) >= 11 is 0. The number of likely N-dealkylation sites (N-methyl/N-ethyl adjacent to an activating group) is 1. The molecule has 2 rings (SSSR count). The number of hydrogen-bond acceptors (Lipinski definition) is 4. The maximum atomic E-state index is 5.92. The van der Waals surface area contributed by atoms with Crippen LogP contribution in [0.3, 0.4) is 0 Å². The quantitative estimate of drug-likeness (QED) is 0.612. The van der Waals surface area contributed by atoms with Crippen molar-refractivity contribution in [2.45, 2.75) is 63.6 Å². The van der Waals surface area contributed by atoms with Crippen LogP contribution in [-0.4, -0.2) is 40.1 Å². The molecule has 1 aliphatic carbocycles. The Morgan fingerprint density at radius 1 is 1.40 bits per heavy atom. The van der Waals surface area contributed by atoms with Crippen LogP contribution in [0.4, 0.5) is 0 Å². The summed E-state index contributed by atoms with van der Waals surface area (Å²) in [5.74, 6) is 7.05. The molecule has 1 unspecified atom stereocenters. The van der Waals surface area contributed by atoms with E-state index in [1.165, 1.54) is 32.1 Å². The molecule has 1 aromatic heterocycles. The van der Waals surface area contributed by atoms with Gasteiger partial charge in [-0.25, -0.2) is 4.98 Å². The molecule has 1 fully saturated rings. The van der Waals surface area contributed by atoms with E-state index in [-0.39, 0.29) is 11.6 Å². The highest BCUT2D eigenvalue weighted by Crippen LogP contribution is 2.36. The maximum absolute atomic E-state index is 5.92. The summed E-state index contributed by atoms with van der Waals surface area (Å²) in [4.78, 5) is 6.88. The Balaban J connectivity index is 2.20. The molecule has 20 heavy (non-hydrogen) atoms. The molecule has 1 saturated carbocycles. The Kier molecular flexibility index (Phi) is 5.18.